The van der Waals surface area contributed by atoms with E-state index < -0.39 is 0 Å². The van der Waals surface area contributed by atoms with Gasteiger partial charge >= 0.3 is 0 Å². The summed E-state index contributed by atoms with van der Waals surface area (Å²) in [6.45, 7) is 1.95. The fourth-order valence-corrected chi connectivity index (χ4v) is 1.99. The highest BCUT2D eigenvalue weighted by Gasteiger charge is 2.09. The highest BCUT2D eigenvalue weighted by molar-refractivity contribution is 7.71. The Labute approximate surface area is 104 Å². The summed E-state index contributed by atoms with van der Waals surface area (Å²) in [5.74, 6) is 0.628. The molecule has 0 radical (unpaired) electrons. The summed E-state index contributed by atoms with van der Waals surface area (Å²) >= 11 is 5.21. The van der Waals surface area contributed by atoms with E-state index in [0.29, 0.717) is 16.1 Å². The molecule has 86 valence electrons. The van der Waals surface area contributed by atoms with Gasteiger partial charge in [0.1, 0.15) is 5.75 Å². The van der Waals surface area contributed by atoms with Crippen LogP contribution >= 0.6 is 12.2 Å². The van der Waals surface area contributed by atoms with E-state index >= 15 is 0 Å². The average molecular weight is 245 g/mol. The van der Waals surface area contributed by atoms with E-state index in [-0.39, 0.29) is 0 Å². The second-order valence-electron chi connectivity index (χ2n) is 3.57. The summed E-state index contributed by atoms with van der Waals surface area (Å²) in [5.41, 5.74) is 2.37. The van der Waals surface area contributed by atoms with E-state index in [1.165, 1.54) is 0 Å². The summed E-state index contributed by atoms with van der Waals surface area (Å²) in [6, 6.07) is 7.35. The lowest BCUT2D eigenvalue weighted by Crippen LogP contribution is -2.00. The van der Waals surface area contributed by atoms with Gasteiger partial charge < -0.3 is 9.72 Å². The smallest absolute Gasteiger partial charge is 0.182 e. The fourth-order valence-electron chi connectivity index (χ4n) is 1.69. The predicted molar refractivity (Wildman–Crippen MR) is 67.0 cm³/mol. The van der Waals surface area contributed by atoms with E-state index in [1.807, 2.05) is 23.8 Å². The summed E-state index contributed by atoms with van der Waals surface area (Å²) < 4.78 is 7.76. The van der Waals surface area contributed by atoms with Crippen LogP contribution in [0, 0.1) is 23.0 Å². The van der Waals surface area contributed by atoms with Gasteiger partial charge in [0.2, 0.25) is 0 Å². The first kappa shape index (κ1) is 11.4. The van der Waals surface area contributed by atoms with Gasteiger partial charge in [-0.25, -0.2) is 0 Å². The quantitative estimate of drug-likeness (QED) is 0.828. The molecular weight excluding hydrogens is 234 g/mol. The Bertz CT molecular complexity index is 649. The first-order chi connectivity index (χ1) is 8.17. The van der Waals surface area contributed by atoms with Crippen LogP contribution in [0.3, 0.4) is 0 Å². The number of imidazole rings is 1. The Morgan fingerprint density at radius 3 is 2.76 bits per heavy atom. The van der Waals surface area contributed by atoms with E-state index in [0.717, 1.165) is 11.4 Å². The SMILES string of the molecule is COc1cc(C#N)ccc1-n1c(C)c[nH]c1=S. The van der Waals surface area contributed by atoms with Gasteiger partial charge in [-0.15, -0.1) is 0 Å². The third kappa shape index (κ3) is 1.95. The molecule has 0 saturated heterocycles. The molecule has 0 aliphatic rings. The first-order valence-corrected chi connectivity index (χ1v) is 5.43. The van der Waals surface area contributed by atoms with Crippen LogP contribution in [0.1, 0.15) is 11.3 Å². The lowest BCUT2D eigenvalue weighted by Gasteiger charge is -2.11. The predicted octanol–water partition coefficient (Wildman–Crippen LogP) is 2.72. The van der Waals surface area contributed by atoms with Gasteiger partial charge in [-0.1, -0.05) is 0 Å². The van der Waals surface area contributed by atoms with Crippen molar-refractivity contribution in [3.8, 4) is 17.5 Å². The molecule has 1 heterocycles. The second-order valence-corrected chi connectivity index (χ2v) is 3.96. The molecule has 1 N–H and O–H groups in total. The monoisotopic (exact) mass is 245 g/mol. The van der Waals surface area contributed by atoms with Crippen LogP contribution in [0.4, 0.5) is 0 Å². The van der Waals surface area contributed by atoms with E-state index in [4.69, 9.17) is 22.2 Å². The van der Waals surface area contributed by atoms with Crippen LogP contribution in [0.25, 0.3) is 5.69 Å². The van der Waals surface area contributed by atoms with Crippen LogP contribution in [-0.4, -0.2) is 16.7 Å². The number of aromatic amines is 1. The van der Waals surface area contributed by atoms with Crippen molar-refractivity contribution >= 4 is 12.2 Å². The van der Waals surface area contributed by atoms with Gasteiger partial charge in [-0.2, -0.15) is 5.26 Å². The molecule has 0 saturated carbocycles. The number of aryl methyl sites for hydroxylation is 1. The molecule has 0 spiro atoms. The molecule has 0 atom stereocenters. The second kappa shape index (κ2) is 4.44. The lowest BCUT2D eigenvalue weighted by atomic mass is 10.2. The molecule has 0 fully saturated rings. The Hall–Kier alpha value is -2.06. The molecule has 1 aromatic heterocycles. The molecule has 4 nitrogen and oxygen atoms in total. The van der Waals surface area contributed by atoms with Gasteiger partial charge in [0.15, 0.2) is 4.77 Å². The molecule has 1 aromatic carbocycles. The molecule has 0 unspecified atom stereocenters. The number of methoxy groups -OCH3 is 1. The molecule has 0 aliphatic carbocycles. The number of ether oxygens (including phenoxy) is 1. The molecule has 5 heteroatoms. The summed E-state index contributed by atoms with van der Waals surface area (Å²) in [5, 5.41) is 8.85. The number of nitrogens with one attached hydrogen (secondary N) is 1. The highest BCUT2D eigenvalue weighted by Crippen LogP contribution is 2.25. The number of hydrogen-bond donors (Lipinski definition) is 1. The maximum atomic E-state index is 8.85. The minimum absolute atomic E-state index is 0.560. The Balaban J connectivity index is 2.69. The average Bonchev–Trinajstić information content (AvgIpc) is 2.68. The van der Waals surface area contributed by atoms with Crippen molar-refractivity contribution in [2.45, 2.75) is 6.92 Å². The van der Waals surface area contributed by atoms with Gasteiger partial charge in [0.25, 0.3) is 0 Å². The van der Waals surface area contributed by atoms with Gasteiger partial charge in [0, 0.05) is 18.0 Å². The van der Waals surface area contributed by atoms with Crippen LogP contribution in [0.15, 0.2) is 24.4 Å². The number of aromatic nitrogens is 2. The summed E-state index contributed by atoms with van der Waals surface area (Å²) in [4.78, 5) is 2.97. The maximum Gasteiger partial charge on any atom is 0.182 e. The Morgan fingerprint density at radius 2 is 2.24 bits per heavy atom. The topological polar surface area (TPSA) is 53.7 Å². The third-order valence-electron chi connectivity index (χ3n) is 2.51. The normalized spacial score (nSPS) is 9.94. The minimum atomic E-state index is 0.560. The molecular formula is C12H11N3OS. The van der Waals surface area contributed by atoms with Crippen molar-refractivity contribution in [1.29, 1.82) is 5.26 Å². The van der Waals surface area contributed by atoms with E-state index in [9.17, 15) is 0 Å². The summed E-state index contributed by atoms with van der Waals surface area (Å²) in [6.07, 6.45) is 1.83. The fraction of sp³-hybridized carbons (Fsp3) is 0.167. The number of H-pyrrole nitrogens is 1. The zero-order valence-corrected chi connectivity index (χ0v) is 10.3. The standard InChI is InChI=1S/C12H11N3OS/c1-8-7-14-12(17)15(8)10-4-3-9(6-13)5-11(10)16-2/h3-5,7H,1-2H3,(H,14,17). The highest BCUT2D eigenvalue weighted by atomic mass is 32.1. The Morgan fingerprint density at radius 1 is 1.47 bits per heavy atom. The zero-order valence-electron chi connectivity index (χ0n) is 9.52. The van der Waals surface area contributed by atoms with Gasteiger partial charge in [-0.05, 0) is 31.3 Å². The van der Waals surface area contributed by atoms with Crippen LogP contribution in [-0.2, 0) is 0 Å². The maximum absolute atomic E-state index is 8.85. The molecule has 2 rings (SSSR count). The Kier molecular flexibility index (Phi) is 2.98. The third-order valence-corrected chi connectivity index (χ3v) is 2.81. The molecule has 2 aromatic rings. The van der Waals surface area contributed by atoms with Crippen molar-refractivity contribution in [2.24, 2.45) is 0 Å². The van der Waals surface area contributed by atoms with Crippen molar-refractivity contribution in [3.63, 3.8) is 0 Å². The van der Waals surface area contributed by atoms with Crippen LogP contribution < -0.4 is 4.74 Å². The van der Waals surface area contributed by atoms with E-state index in [2.05, 4.69) is 11.1 Å². The van der Waals surface area contributed by atoms with Crippen LogP contribution in [0.5, 0.6) is 5.75 Å². The lowest BCUT2D eigenvalue weighted by molar-refractivity contribution is 0.412. The summed E-state index contributed by atoms with van der Waals surface area (Å²) in [7, 11) is 1.57. The van der Waals surface area contributed by atoms with Gasteiger partial charge in [0.05, 0.1) is 24.4 Å². The number of nitriles is 1. The van der Waals surface area contributed by atoms with Crippen molar-refractivity contribution < 1.29 is 4.74 Å². The first-order valence-electron chi connectivity index (χ1n) is 5.03. The van der Waals surface area contributed by atoms with Crippen LogP contribution in [0.2, 0.25) is 0 Å². The number of nitrogens with zero attached hydrogens (tertiary/aromatic N) is 2. The van der Waals surface area contributed by atoms with Gasteiger partial charge in [-0.3, -0.25) is 4.57 Å². The van der Waals surface area contributed by atoms with Crippen molar-refractivity contribution in [2.75, 3.05) is 7.11 Å². The molecule has 0 amide bonds. The number of rotatable bonds is 2. The molecule has 0 aliphatic heterocycles. The zero-order chi connectivity index (χ0) is 12.4. The largest absolute Gasteiger partial charge is 0.495 e. The van der Waals surface area contributed by atoms with Crippen molar-refractivity contribution in [1.82, 2.24) is 9.55 Å². The molecule has 17 heavy (non-hydrogen) atoms. The van der Waals surface area contributed by atoms with Crippen molar-refractivity contribution in [3.05, 3.63) is 40.4 Å². The van der Waals surface area contributed by atoms with E-state index in [1.54, 1.807) is 19.2 Å². The number of hydrogen-bond acceptors (Lipinski definition) is 3. The molecule has 0 bridgehead atoms. The minimum Gasteiger partial charge on any atom is -0.495 e. The number of benzene rings is 1.